The summed E-state index contributed by atoms with van der Waals surface area (Å²) in [5.74, 6) is -0.294. The number of aliphatic hydroxyl groups is 1. The third kappa shape index (κ3) is 5.06. The van der Waals surface area contributed by atoms with E-state index in [1.165, 1.54) is 7.05 Å². The molecule has 1 N–H and O–H groups in total. The fraction of sp³-hybridized carbons (Fsp3) is 0.500. The summed E-state index contributed by atoms with van der Waals surface area (Å²) in [4.78, 5) is -0.137. The molecule has 21 heavy (non-hydrogen) atoms. The highest BCUT2D eigenvalue weighted by Gasteiger charge is 2.22. The van der Waals surface area contributed by atoms with E-state index in [-0.39, 0.29) is 28.6 Å². The molecule has 0 aliphatic rings. The highest BCUT2D eigenvalue weighted by molar-refractivity contribution is 7.89. The first-order valence-corrected chi connectivity index (χ1v) is 7.85. The molecule has 1 aromatic rings. The van der Waals surface area contributed by atoms with Gasteiger partial charge in [0.2, 0.25) is 10.0 Å². The van der Waals surface area contributed by atoms with Gasteiger partial charge in [0.25, 0.3) is 0 Å². The molecule has 120 valence electrons. The van der Waals surface area contributed by atoms with Crippen molar-refractivity contribution < 1.29 is 27.0 Å². The zero-order valence-electron chi connectivity index (χ0n) is 11.5. The third-order valence-electron chi connectivity index (χ3n) is 2.69. The van der Waals surface area contributed by atoms with E-state index in [0.29, 0.717) is 0 Å². The molecule has 0 amide bonds. The third-order valence-corrected chi connectivity index (χ3v) is 4.84. The minimum absolute atomic E-state index is 0.118. The molecular weight excluding hydrogens is 328 g/mol. The maximum absolute atomic E-state index is 12.2. The topological polar surface area (TPSA) is 66.8 Å². The Morgan fingerprint density at radius 3 is 2.52 bits per heavy atom. The van der Waals surface area contributed by atoms with Gasteiger partial charge in [-0.15, -0.1) is 0 Å². The summed E-state index contributed by atoms with van der Waals surface area (Å²) in [5.41, 5.74) is 0. The van der Waals surface area contributed by atoms with E-state index in [0.717, 1.165) is 22.5 Å². The lowest BCUT2D eigenvalue weighted by atomic mass is 10.3. The van der Waals surface area contributed by atoms with Crippen molar-refractivity contribution in [2.45, 2.75) is 31.0 Å². The summed E-state index contributed by atoms with van der Waals surface area (Å²) in [6.07, 6.45) is -0.358. The van der Waals surface area contributed by atoms with Crippen LogP contribution in [0.3, 0.4) is 0 Å². The zero-order chi connectivity index (χ0) is 16.2. The molecule has 1 aromatic carbocycles. The van der Waals surface area contributed by atoms with E-state index >= 15 is 0 Å². The summed E-state index contributed by atoms with van der Waals surface area (Å²) >= 11 is 5.73. The molecule has 9 heteroatoms. The number of ether oxygens (including phenoxy) is 1. The smallest absolute Gasteiger partial charge is 0.387 e. The molecule has 0 heterocycles. The molecule has 0 saturated carbocycles. The van der Waals surface area contributed by atoms with Gasteiger partial charge < -0.3 is 9.84 Å². The van der Waals surface area contributed by atoms with E-state index in [2.05, 4.69) is 4.74 Å². The lowest BCUT2D eigenvalue weighted by Gasteiger charge is -2.18. The molecule has 0 spiro atoms. The SMILES string of the molecule is CC(O)CCN(C)S(=O)(=O)c1ccc(OC(F)F)c(Cl)c1. The molecule has 1 unspecified atom stereocenters. The Balaban J connectivity index is 2.96. The maximum atomic E-state index is 12.2. The van der Waals surface area contributed by atoms with Crippen LogP contribution < -0.4 is 4.74 Å². The number of alkyl halides is 2. The first-order chi connectivity index (χ1) is 9.64. The quantitative estimate of drug-likeness (QED) is 0.825. The van der Waals surface area contributed by atoms with Crippen LogP contribution in [0.2, 0.25) is 5.02 Å². The van der Waals surface area contributed by atoms with Crippen LogP contribution in [-0.2, 0) is 10.0 Å². The van der Waals surface area contributed by atoms with Crippen molar-refractivity contribution >= 4 is 21.6 Å². The van der Waals surface area contributed by atoms with Gasteiger partial charge in [0.05, 0.1) is 16.0 Å². The van der Waals surface area contributed by atoms with Gasteiger partial charge in [-0.1, -0.05) is 11.6 Å². The number of rotatable bonds is 7. The zero-order valence-corrected chi connectivity index (χ0v) is 13.0. The Bertz CT molecular complexity index is 581. The summed E-state index contributed by atoms with van der Waals surface area (Å²) in [6, 6.07) is 3.26. The van der Waals surface area contributed by atoms with Gasteiger partial charge in [0.15, 0.2) is 0 Å². The van der Waals surface area contributed by atoms with Gasteiger partial charge in [-0.3, -0.25) is 0 Å². The lowest BCUT2D eigenvalue weighted by molar-refractivity contribution is -0.0498. The van der Waals surface area contributed by atoms with Crippen molar-refractivity contribution in [3.8, 4) is 5.75 Å². The predicted molar refractivity (Wildman–Crippen MR) is 74.2 cm³/mol. The Labute approximate surface area is 127 Å². The van der Waals surface area contributed by atoms with Crippen LogP contribution in [0.25, 0.3) is 0 Å². The fourth-order valence-electron chi connectivity index (χ4n) is 1.50. The van der Waals surface area contributed by atoms with Crippen molar-refractivity contribution in [1.29, 1.82) is 0 Å². The average molecular weight is 344 g/mol. The summed E-state index contributed by atoms with van der Waals surface area (Å²) in [5, 5.41) is 8.95. The molecule has 0 aromatic heterocycles. The highest BCUT2D eigenvalue weighted by atomic mass is 35.5. The number of benzene rings is 1. The van der Waals surface area contributed by atoms with Crippen molar-refractivity contribution in [1.82, 2.24) is 4.31 Å². The molecular formula is C12H16ClF2NO4S. The van der Waals surface area contributed by atoms with E-state index < -0.39 is 22.7 Å². The number of sulfonamides is 1. The second-order valence-corrected chi connectivity index (χ2v) is 6.89. The standard InChI is InChI=1S/C12H16ClF2NO4S/c1-8(17)5-6-16(2)21(18,19)9-3-4-11(10(13)7-9)20-12(14)15/h3-4,7-8,12,17H,5-6H2,1-2H3. The second-order valence-electron chi connectivity index (χ2n) is 4.44. The highest BCUT2D eigenvalue weighted by Crippen LogP contribution is 2.29. The fourth-order valence-corrected chi connectivity index (χ4v) is 3.00. The Hall–Kier alpha value is -0.960. The van der Waals surface area contributed by atoms with Gasteiger partial charge in [0.1, 0.15) is 5.75 Å². The monoisotopic (exact) mass is 343 g/mol. The van der Waals surface area contributed by atoms with Crippen LogP contribution in [0.1, 0.15) is 13.3 Å². The molecule has 1 atom stereocenters. The molecule has 0 radical (unpaired) electrons. The normalized spacial score (nSPS) is 13.7. The van der Waals surface area contributed by atoms with Gasteiger partial charge >= 0.3 is 6.61 Å². The molecule has 0 saturated heterocycles. The Morgan fingerprint density at radius 2 is 2.05 bits per heavy atom. The van der Waals surface area contributed by atoms with Gasteiger partial charge in [-0.2, -0.15) is 8.78 Å². The van der Waals surface area contributed by atoms with Gasteiger partial charge in [0, 0.05) is 13.6 Å². The molecule has 0 fully saturated rings. The van der Waals surface area contributed by atoms with Gasteiger partial charge in [-0.25, -0.2) is 12.7 Å². The number of hydrogen-bond acceptors (Lipinski definition) is 4. The first kappa shape index (κ1) is 18.1. The molecule has 0 bridgehead atoms. The van der Waals surface area contributed by atoms with Crippen molar-refractivity contribution in [3.05, 3.63) is 23.2 Å². The van der Waals surface area contributed by atoms with Gasteiger partial charge in [-0.05, 0) is 31.5 Å². The maximum Gasteiger partial charge on any atom is 0.387 e. The van der Waals surface area contributed by atoms with E-state index in [1.54, 1.807) is 6.92 Å². The van der Waals surface area contributed by atoms with Crippen molar-refractivity contribution in [3.63, 3.8) is 0 Å². The number of halogens is 3. The van der Waals surface area contributed by atoms with Crippen LogP contribution in [-0.4, -0.2) is 44.1 Å². The van der Waals surface area contributed by atoms with Crippen molar-refractivity contribution in [2.24, 2.45) is 0 Å². The van der Waals surface area contributed by atoms with E-state index in [1.807, 2.05) is 0 Å². The predicted octanol–water partition coefficient (Wildman–Crippen LogP) is 2.33. The molecule has 0 aliphatic heterocycles. The van der Waals surface area contributed by atoms with Crippen LogP contribution in [0.4, 0.5) is 8.78 Å². The molecule has 5 nitrogen and oxygen atoms in total. The molecule has 0 aliphatic carbocycles. The second kappa shape index (κ2) is 7.35. The largest absolute Gasteiger partial charge is 0.433 e. The number of hydrogen-bond donors (Lipinski definition) is 1. The average Bonchev–Trinajstić information content (AvgIpc) is 2.37. The molecule has 1 rings (SSSR count). The Kier molecular flexibility index (Phi) is 6.33. The first-order valence-electron chi connectivity index (χ1n) is 6.03. The number of nitrogens with zero attached hydrogens (tertiary/aromatic N) is 1. The van der Waals surface area contributed by atoms with Crippen molar-refractivity contribution in [2.75, 3.05) is 13.6 Å². The lowest BCUT2D eigenvalue weighted by Crippen LogP contribution is -2.29. The van der Waals surface area contributed by atoms with Crippen LogP contribution in [0, 0.1) is 0 Å². The van der Waals surface area contributed by atoms with E-state index in [4.69, 9.17) is 11.6 Å². The van der Waals surface area contributed by atoms with Crippen LogP contribution in [0.15, 0.2) is 23.1 Å². The summed E-state index contributed by atoms with van der Waals surface area (Å²) < 4.78 is 53.9. The minimum atomic E-state index is -3.81. The number of aliphatic hydroxyl groups excluding tert-OH is 1. The van der Waals surface area contributed by atoms with E-state index in [9.17, 15) is 22.3 Å². The summed E-state index contributed by atoms with van der Waals surface area (Å²) in [7, 11) is -2.45. The Morgan fingerprint density at radius 1 is 1.43 bits per heavy atom. The summed E-state index contributed by atoms with van der Waals surface area (Å²) in [6.45, 7) is -1.38. The minimum Gasteiger partial charge on any atom is -0.433 e. The van der Waals surface area contributed by atoms with Crippen LogP contribution >= 0.6 is 11.6 Å². The van der Waals surface area contributed by atoms with Crippen LogP contribution in [0.5, 0.6) is 5.75 Å².